The smallest absolute Gasteiger partial charge is 0.226 e. The van der Waals surface area contributed by atoms with E-state index >= 15 is 0 Å². The van der Waals surface area contributed by atoms with Crippen molar-refractivity contribution in [3.05, 3.63) is 42.0 Å². The number of benzene rings is 1. The Kier molecular flexibility index (Phi) is 6.66. The highest BCUT2D eigenvalue weighted by atomic mass is 16.2. The summed E-state index contributed by atoms with van der Waals surface area (Å²) in [5, 5.41) is 0. The second-order valence-electron chi connectivity index (χ2n) is 6.22. The molecule has 1 aromatic carbocycles. The lowest BCUT2D eigenvalue weighted by Crippen LogP contribution is -2.41. The van der Waals surface area contributed by atoms with Crippen LogP contribution in [0.3, 0.4) is 0 Å². The van der Waals surface area contributed by atoms with Crippen molar-refractivity contribution < 1.29 is 4.79 Å². The maximum absolute atomic E-state index is 12.7. The van der Waals surface area contributed by atoms with Crippen LogP contribution in [0.1, 0.15) is 44.6 Å². The Morgan fingerprint density at radius 3 is 2.77 bits per heavy atom. The second-order valence-corrected chi connectivity index (χ2v) is 6.22. The number of nitrogens with zero attached hydrogens (tertiary/aromatic N) is 1. The van der Waals surface area contributed by atoms with Crippen molar-refractivity contribution in [2.75, 3.05) is 13.1 Å². The average molecular weight is 300 g/mol. The molecule has 1 fully saturated rings. The molecule has 0 bridgehead atoms. The summed E-state index contributed by atoms with van der Waals surface area (Å²) in [4.78, 5) is 14.7. The SMILES string of the molecule is CCCN(C/C=C/c1ccccc1)C(=O)[C@@H]1CCC[C@H](N)C1. The molecular weight excluding hydrogens is 272 g/mol. The molecule has 0 aromatic heterocycles. The van der Waals surface area contributed by atoms with Crippen LogP contribution in [0, 0.1) is 5.92 Å². The Hall–Kier alpha value is -1.61. The van der Waals surface area contributed by atoms with E-state index in [1.54, 1.807) is 0 Å². The second kappa shape index (κ2) is 8.74. The third-order valence-electron chi connectivity index (χ3n) is 4.30. The molecule has 120 valence electrons. The highest BCUT2D eigenvalue weighted by molar-refractivity contribution is 5.79. The van der Waals surface area contributed by atoms with Crippen LogP contribution < -0.4 is 5.73 Å². The molecule has 1 saturated carbocycles. The lowest BCUT2D eigenvalue weighted by atomic mass is 9.85. The Labute approximate surface area is 134 Å². The van der Waals surface area contributed by atoms with Crippen molar-refractivity contribution in [3.8, 4) is 0 Å². The third-order valence-corrected chi connectivity index (χ3v) is 4.30. The molecule has 0 spiro atoms. The van der Waals surface area contributed by atoms with Gasteiger partial charge in [0, 0.05) is 25.0 Å². The number of hydrogen-bond donors (Lipinski definition) is 1. The van der Waals surface area contributed by atoms with Gasteiger partial charge in [0.05, 0.1) is 0 Å². The predicted molar refractivity (Wildman–Crippen MR) is 92.3 cm³/mol. The van der Waals surface area contributed by atoms with Crippen molar-refractivity contribution in [2.45, 2.75) is 45.1 Å². The first kappa shape index (κ1) is 16.8. The number of carbonyl (C=O) groups is 1. The molecule has 0 radical (unpaired) electrons. The van der Waals surface area contributed by atoms with E-state index in [9.17, 15) is 4.79 Å². The van der Waals surface area contributed by atoms with E-state index in [-0.39, 0.29) is 17.9 Å². The van der Waals surface area contributed by atoms with E-state index in [1.165, 1.54) is 5.56 Å². The fraction of sp³-hybridized carbons (Fsp3) is 0.526. The molecule has 2 atom stereocenters. The van der Waals surface area contributed by atoms with Crippen molar-refractivity contribution in [2.24, 2.45) is 11.7 Å². The minimum atomic E-state index is 0.125. The molecule has 0 aliphatic heterocycles. The van der Waals surface area contributed by atoms with Crippen molar-refractivity contribution in [1.82, 2.24) is 4.90 Å². The first-order valence-electron chi connectivity index (χ1n) is 8.46. The molecule has 2 N–H and O–H groups in total. The first-order valence-corrected chi connectivity index (χ1v) is 8.46. The molecule has 3 nitrogen and oxygen atoms in total. The predicted octanol–water partition coefficient (Wildman–Crippen LogP) is 3.46. The molecule has 1 amide bonds. The van der Waals surface area contributed by atoms with E-state index in [0.717, 1.165) is 38.6 Å². The average Bonchev–Trinajstić information content (AvgIpc) is 2.54. The summed E-state index contributed by atoms with van der Waals surface area (Å²) in [5.41, 5.74) is 7.20. The van der Waals surface area contributed by atoms with Gasteiger partial charge in [0.15, 0.2) is 0 Å². The van der Waals surface area contributed by atoms with Crippen LogP contribution in [-0.4, -0.2) is 29.9 Å². The quantitative estimate of drug-likeness (QED) is 0.874. The molecule has 0 heterocycles. The van der Waals surface area contributed by atoms with Gasteiger partial charge in [0.1, 0.15) is 0 Å². The summed E-state index contributed by atoms with van der Waals surface area (Å²) in [6.07, 6.45) is 9.15. The highest BCUT2D eigenvalue weighted by Gasteiger charge is 2.28. The van der Waals surface area contributed by atoms with Crippen LogP contribution in [0.25, 0.3) is 6.08 Å². The molecular formula is C19H28N2O. The van der Waals surface area contributed by atoms with E-state index in [4.69, 9.17) is 5.73 Å². The molecule has 3 heteroatoms. The fourth-order valence-corrected chi connectivity index (χ4v) is 3.15. The molecule has 1 aliphatic carbocycles. The molecule has 22 heavy (non-hydrogen) atoms. The minimum absolute atomic E-state index is 0.125. The third kappa shape index (κ3) is 4.99. The van der Waals surface area contributed by atoms with Crippen LogP contribution in [0.2, 0.25) is 0 Å². The van der Waals surface area contributed by atoms with Gasteiger partial charge in [-0.25, -0.2) is 0 Å². The van der Waals surface area contributed by atoms with Crippen LogP contribution >= 0.6 is 0 Å². The summed E-state index contributed by atoms with van der Waals surface area (Å²) in [6.45, 7) is 3.63. The standard InChI is InChI=1S/C19H28N2O/c1-2-13-21(14-7-10-16-8-4-3-5-9-16)19(22)17-11-6-12-18(20)15-17/h3-5,7-10,17-18H,2,6,11-15,20H2,1H3/b10-7+/t17-,18+/m1/s1. The molecule has 2 rings (SSSR count). The van der Waals surface area contributed by atoms with Gasteiger partial charge in [-0.3, -0.25) is 4.79 Å². The number of nitrogens with two attached hydrogens (primary N) is 1. The van der Waals surface area contributed by atoms with E-state index in [1.807, 2.05) is 23.1 Å². The van der Waals surface area contributed by atoms with Gasteiger partial charge in [-0.05, 0) is 31.2 Å². The summed E-state index contributed by atoms with van der Waals surface area (Å²) in [5.74, 6) is 0.412. The number of amides is 1. The summed E-state index contributed by atoms with van der Waals surface area (Å²) in [6, 6.07) is 10.4. The van der Waals surface area contributed by atoms with E-state index in [0.29, 0.717) is 6.54 Å². The monoisotopic (exact) mass is 300 g/mol. The lowest BCUT2D eigenvalue weighted by molar-refractivity contribution is -0.136. The number of carbonyl (C=O) groups excluding carboxylic acids is 1. The van der Waals surface area contributed by atoms with E-state index < -0.39 is 0 Å². The van der Waals surface area contributed by atoms with Gasteiger partial charge < -0.3 is 10.6 Å². The van der Waals surface area contributed by atoms with Crippen LogP contribution in [-0.2, 0) is 4.79 Å². The maximum atomic E-state index is 12.7. The molecule has 1 aromatic rings. The van der Waals surface area contributed by atoms with Crippen molar-refractivity contribution in [1.29, 1.82) is 0 Å². The Morgan fingerprint density at radius 2 is 2.09 bits per heavy atom. The maximum Gasteiger partial charge on any atom is 0.226 e. The number of rotatable bonds is 6. The summed E-state index contributed by atoms with van der Waals surface area (Å²) >= 11 is 0. The van der Waals surface area contributed by atoms with Gasteiger partial charge in [-0.1, -0.05) is 55.8 Å². The Morgan fingerprint density at radius 1 is 1.32 bits per heavy atom. The van der Waals surface area contributed by atoms with Gasteiger partial charge in [-0.2, -0.15) is 0 Å². The van der Waals surface area contributed by atoms with Crippen LogP contribution in [0.5, 0.6) is 0 Å². The zero-order valence-corrected chi connectivity index (χ0v) is 13.6. The number of hydrogen-bond acceptors (Lipinski definition) is 2. The van der Waals surface area contributed by atoms with Crippen LogP contribution in [0.4, 0.5) is 0 Å². The summed E-state index contributed by atoms with van der Waals surface area (Å²) < 4.78 is 0. The van der Waals surface area contributed by atoms with E-state index in [2.05, 4.69) is 31.2 Å². The van der Waals surface area contributed by atoms with Crippen LogP contribution in [0.15, 0.2) is 36.4 Å². The van der Waals surface area contributed by atoms with Gasteiger partial charge in [0.25, 0.3) is 0 Å². The first-order chi connectivity index (χ1) is 10.7. The summed E-state index contributed by atoms with van der Waals surface area (Å²) in [7, 11) is 0. The topological polar surface area (TPSA) is 46.3 Å². The zero-order valence-electron chi connectivity index (χ0n) is 13.6. The zero-order chi connectivity index (χ0) is 15.8. The molecule has 1 aliphatic rings. The minimum Gasteiger partial charge on any atom is -0.339 e. The fourth-order valence-electron chi connectivity index (χ4n) is 3.15. The Bertz CT molecular complexity index is 483. The molecule has 0 saturated heterocycles. The normalized spacial score (nSPS) is 21.9. The molecule has 0 unspecified atom stereocenters. The highest BCUT2D eigenvalue weighted by Crippen LogP contribution is 2.25. The Balaban J connectivity index is 1.93. The largest absolute Gasteiger partial charge is 0.339 e. The lowest BCUT2D eigenvalue weighted by Gasteiger charge is -2.30. The van der Waals surface area contributed by atoms with Crippen molar-refractivity contribution >= 4 is 12.0 Å². The van der Waals surface area contributed by atoms with Gasteiger partial charge in [0.2, 0.25) is 5.91 Å². The van der Waals surface area contributed by atoms with Crippen molar-refractivity contribution in [3.63, 3.8) is 0 Å². The van der Waals surface area contributed by atoms with Gasteiger partial charge in [-0.15, -0.1) is 0 Å². The van der Waals surface area contributed by atoms with Gasteiger partial charge >= 0.3 is 0 Å².